The lowest BCUT2D eigenvalue weighted by atomic mass is 10.1. The molecule has 4 nitrogen and oxygen atoms in total. The van der Waals surface area contributed by atoms with Gasteiger partial charge in [-0.05, 0) is 23.8 Å². The molecule has 2 N–H and O–H groups in total. The van der Waals surface area contributed by atoms with E-state index < -0.39 is 0 Å². The summed E-state index contributed by atoms with van der Waals surface area (Å²) in [6, 6.07) is 12.3. The van der Waals surface area contributed by atoms with Crippen LogP contribution in [-0.2, 0) is 18.4 Å². The van der Waals surface area contributed by atoms with Crippen molar-refractivity contribution in [1.82, 2.24) is 9.88 Å². The molecule has 0 spiro atoms. The van der Waals surface area contributed by atoms with Crippen molar-refractivity contribution in [3.8, 4) is 0 Å². The number of carbonyl (C=O) groups excluding carboxylic acids is 1. The van der Waals surface area contributed by atoms with Crippen LogP contribution < -0.4 is 10.2 Å². The Morgan fingerprint density at radius 2 is 2.17 bits per heavy atom. The van der Waals surface area contributed by atoms with Gasteiger partial charge in [0, 0.05) is 37.7 Å². The van der Waals surface area contributed by atoms with E-state index in [-0.39, 0.29) is 5.91 Å². The summed E-state index contributed by atoms with van der Waals surface area (Å²) in [5.74, 6) is 0.0843. The first-order valence-electron chi connectivity index (χ1n) is 8.11. The van der Waals surface area contributed by atoms with Gasteiger partial charge in [-0.1, -0.05) is 29.8 Å². The number of hydrogen-bond donors (Lipinski definition) is 2. The van der Waals surface area contributed by atoms with Crippen molar-refractivity contribution in [2.75, 3.05) is 13.1 Å². The number of quaternary nitrogens is 1. The molecular formula is C18H23ClN3O+. The monoisotopic (exact) mass is 332 g/mol. The molecule has 1 aliphatic rings. The number of halogens is 1. The van der Waals surface area contributed by atoms with E-state index in [4.69, 9.17) is 11.6 Å². The zero-order valence-corrected chi connectivity index (χ0v) is 14.1. The Morgan fingerprint density at radius 1 is 1.35 bits per heavy atom. The van der Waals surface area contributed by atoms with Gasteiger partial charge in [0.05, 0.1) is 12.2 Å². The van der Waals surface area contributed by atoms with Crippen molar-refractivity contribution in [2.45, 2.75) is 25.4 Å². The molecule has 1 fully saturated rings. The number of nitrogens with zero attached hydrogens (tertiary/aromatic N) is 1. The molecule has 2 aromatic rings. The maximum Gasteiger partial charge on any atom is 0.275 e. The molecule has 1 aliphatic heterocycles. The zero-order valence-electron chi connectivity index (χ0n) is 13.4. The van der Waals surface area contributed by atoms with Crippen LogP contribution in [0.15, 0.2) is 42.6 Å². The standard InChI is InChI=1S/C18H22ClN3O/c1-21-10-4-8-16(21)17-9-5-11-22(17)13-18(23)20-12-14-6-2-3-7-15(14)19/h2-4,6-8,10,17H,5,9,11-13H2,1H3,(H,20,23)/p+1/t17-/m1/s1. The molecule has 23 heavy (non-hydrogen) atoms. The van der Waals surface area contributed by atoms with E-state index in [1.807, 2.05) is 24.3 Å². The van der Waals surface area contributed by atoms with E-state index in [1.54, 1.807) is 0 Å². The minimum absolute atomic E-state index is 0.0843. The zero-order chi connectivity index (χ0) is 16.2. The second-order valence-electron chi connectivity index (χ2n) is 6.19. The highest BCUT2D eigenvalue weighted by Gasteiger charge is 2.32. The first-order valence-corrected chi connectivity index (χ1v) is 8.49. The van der Waals surface area contributed by atoms with Crippen molar-refractivity contribution < 1.29 is 9.69 Å². The summed E-state index contributed by atoms with van der Waals surface area (Å²) in [4.78, 5) is 13.7. The first-order chi connectivity index (χ1) is 11.1. The number of likely N-dealkylation sites (tertiary alicyclic amines) is 1. The van der Waals surface area contributed by atoms with Gasteiger partial charge in [0.2, 0.25) is 0 Å². The van der Waals surface area contributed by atoms with Crippen LogP contribution in [0.25, 0.3) is 0 Å². The average Bonchev–Trinajstić information content (AvgIpc) is 3.15. The highest BCUT2D eigenvalue weighted by molar-refractivity contribution is 6.31. The molecule has 122 valence electrons. The second kappa shape index (κ2) is 7.20. The molecule has 5 heteroatoms. The van der Waals surface area contributed by atoms with Gasteiger partial charge in [0.1, 0.15) is 6.04 Å². The Morgan fingerprint density at radius 3 is 2.91 bits per heavy atom. The lowest BCUT2D eigenvalue weighted by Crippen LogP contribution is -3.11. The molecule has 1 saturated heterocycles. The minimum atomic E-state index is 0.0843. The number of benzene rings is 1. The van der Waals surface area contributed by atoms with Crippen LogP contribution in [0, 0.1) is 0 Å². The van der Waals surface area contributed by atoms with Crippen molar-refractivity contribution in [1.29, 1.82) is 0 Å². The van der Waals surface area contributed by atoms with Crippen molar-refractivity contribution in [2.24, 2.45) is 7.05 Å². The van der Waals surface area contributed by atoms with Crippen LogP contribution >= 0.6 is 11.6 Å². The van der Waals surface area contributed by atoms with Gasteiger partial charge in [-0.3, -0.25) is 4.79 Å². The van der Waals surface area contributed by atoms with Crippen LogP contribution in [0.1, 0.15) is 30.1 Å². The summed E-state index contributed by atoms with van der Waals surface area (Å²) in [5.41, 5.74) is 2.27. The number of nitrogens with one attached hydrogen (secondary N) is 2. The fourth-order valence-corrected chi connectivity index (χ4v) is 3.62. The third-order valence-electron chi connectivity index (χ3n) is 4.65. The second-order valence-corrected chi connectivity index (χ2v) is 6.60. The topological polar surface area (TPSA) is 38.5 Å². The maximum atomic E-state index is 12.3. The number of aryl methyl sites for hydroxylation is 1. The van der Waals surface area contributed by atoms with E-state index in [9.17, 15) is 4.79 Å². The third-order valence-corrected chi connectivity index (χ3v) is 5.01. The quantitative estimate of drug-likeness (QED) is 0.859. The maximum absolute atomic E-state index is 12.3. The Balaban J connectivity index is 1.57. The summed E-state index contributed by atoms with van der Waals surface area (Å²) in [6.45, 7) is 2.05. The number of hydrogen-bond acceptors (Lipinski definition) is 1. The number of amides is 1. The SMILES string of the molecule is Cn1cccc1[C@H]1CCC[NH+]1CC(=O)NCc1ccccc1Cl. The van der Waals surface area contributed by atoms with Crippen molar-refractivity contribution in [3.63, 3.8) is 0 Å². The van der Waals surface area contributed by atoms with Gasteiger partial charge >= 0.3 is 0 Å². The number of rotatable bonds is 5. The summed E-state index contributed by atoms with van der Waals surface area (Å²) in [7, 11) is 2.07. The van der Waals surface area contributed by atoms with E-state index in [0.29, 0.717) is 24.2 Å². The lowest BCUT2D eigenvalue weighted by Gasteiger charge is -2.21. The molecule has 3 rings (SSSR count). The Hall–Kier alpha value is -1.78. The lowest BCUT2D eigenvalue weighted by molar-refractivity contribution is -0.911. The molecule has 0 aliphatic carbocycles. The summed E-state index contributed by atoms with van der Waals surface area (Å²) in [5, 5.41) is 3.69. The summed E-state index contributed by atoms with van der Waals surface area (Å²) >= 11 is 6.13. The molecule has 0 bridgehead atoms. The van der Waals surface area contributed by atoms with Gasteiger partial charge < -0.3 is 14.8 Å². The number of carbonyl (C=O) groups is 1. The summed E-state index contributed by atoms with van der Waals surface area (Å²) in [6.07, 6.45) is 4.39. The number of aromatic nitrogens is 1. The molecule has 1 aromatic carbocycles. The molecule has 2 heterocycles. The van der Waals surface area contributed by atoms with Crippen LogP contribution in [0.2, 0.25) is 5.02 Å². The van der Waals surface area contributed by atoms with Crippen LogP contribution in [0.4, 0.5) is 0 Å². The Kier molecular flexibility index (Phi) is 5.03. The molecule has 1 aromatic heterocycles. The van der Waals surface area contributed by atoms with E-state index in [2.05, 4.69) is 35.3 Å². The van der Waals surface area contributed by atoms with Gasteiger partial charge in [-0.2, -0.15) is 0 Å². The van der Waals surface area contributed by atoms with Crippen LogP contribution in [0.5, 0.6) is 0 Å². The highest BCUT2D eigenvalue weighted by Crippen LogP contribution is 2.19. The van der Waals surface area contributed by atoms with Crippen molar-refractivity contribution in [3.05, 3.63) is 58.9 Å². The fourth-order valence-electron chi connectivity index (χ4n) is 3.42. The highest BCUT2D eigenvalue weighted by atomic mass is 35.5. The molecule has 1 unspecified atom stereocenters. The predicted octanol–water partition coefficient (Wildman–Crippen LogP) is 1.71. The molecule has 0 radical (unpaired) electrons. The van der Waals surface area contributed by atoms with Gasteiger partial charge in [-0.25, -0.2) is 0 Å². The smallest absolute Gasteiger partial charge is 0.275 e. The third kappa shape index (κ3) is 3.77. The predicted molar refractivity (Wildman–Crippen MR) is 91.4 cm³/mol. The van der Waals surface area contributed by atoms with Gasteiger partial charge in [-0.15, -0.1) is 0 Å². The van der Waals surface area contributed by atoms with Gasteiger partial charge in [0.15, 0.2) is 6.54 Å². The molecule has 0 saturated carbocycles. The first kappa shape index (κ1) is 16.1. The molecule has 1 amide bonds. The van der Waals surface area contributed by atoms with Crippen LogP contribution in [0.3, 0.4) is 0 Å². The molecule has 2 atom stereocenters. The Labute approximate surface area is 142 Å². The van der Waals surface area contributed by atoms with Gasteiger partial charge in [0.25, 0.3) is 5.91 Å². The van der Waals surface area contributed by atoms with E-state index >= 15 is 0 Å². The molecular weight excluding hydrogens is 310 g/mol. The van der Waals surface area contributed by atoms with E-state index in [0.717, 1.165) is 18.5 Å². The fraction of sp³-hybridized carbons (Fsp3) is 0.389. The average molecular weight is 333 g/mol. The normalized spacial score (nSPS) is 20.6. The Bertz CT molecular complexity index is 682. The van der Waals surface area contributed by atoms with E-state index in [1.165, 1.54) is 17.0 Å². The van der Waals surface area contributed by atoms with Crippen LogP contribution in [-0.4, -0.2) is 23.6 Å². The minimum Gasteiger partial charge on any atom is -0.350 e. The largest absolute Gasteiger partial charge is 0.350 e. The van der Waals surface area contributed by atoms with Crippen molar-refractivity contribution >= 4 is 17.5 Å². The summed E-state index contributed by atoms with van der Waals surface area (Å²) < 4.78 is 2.16.